The summed E-state index contributed by atoms with van der Waals surface area (Å²) < 4.78 is 0. The Morgan fingerprint density at radius 3 is 1.38 bits per heavy atom. The second-order valence-corrected chi connectivity index (χ2v) is 16.1. The van der Waals surface area contributed by atoms with E-state index in [-0.39, 0.29) is 0 Å². The zero-order valence-corrected chi connectivity index (χ0v) is 18.6. The molecule has 0 saturated carbocycles. The van der Waals surface area contributed by atoms with Crippen LogP contribution < -0.4 is 15.9 Å². The summed E-state index contributed by atoms with van der Waals surface area (Å²) in [5.41, 5.74) is 2.13. The second-order valence-electron chi connectivity index (χ2n) is 7.15. The molecule has 0 aromatic heterocycles. The number of terminal acetylenes is 1. The molecule has 29 heavy (non-hydrogen) atoms. The van der Waals surface area contributed by atoms with Gasteiger partial charge in [-0.15, -0.1) is 0 Å². The van der Waals surface area contributed by atoms with Gasteiger partial charge in [0, 0.05) is 0 Å². The first kappa shape index (κ1) is 19.7. The van der Waals surface area contributed by atoms with Crippen molar-refractivity contribution in [2.75, 3.05) is 0 Å². The van der Waals surface area contributed by atoms with Crippen LogP contribution in [0.4, 0.5) is 0 Å². The van der Waals surface area contributed by atoms with Gasteiger partial charge in [0.2, 0.25) is 0 Å². The second kappa shape index (κ2) is 8.00. The van der Waals surface area contributed by atoms with Crippen LogP contribution in [0.3, 0.4) is 0 Å². The molecule has 4 aromatic carbocycles. The van der Waals surface area contributed by atoms with E-state index in [0.29, 0.717) is 0 Å². The molecule has 0 spiro atoms. The number of halogens is 1. The molecule has 0 unspecified atom stereocenters. The van der Waals surface area contributed by atoms with Crippen LogP contribution in [-0.4, -0.2) is 0 Å². The van der Waals surface area contributed by atoms with Gasteiger partial charge in [-0.3, -0.25) is 0 Å². The predicted molar refractivity (Wildman–Crippen MR) is 132 cm³/mol. The van der Waals surface area contributed by atoms with Gasteiger partial charge in [-0.1, -0.05) is 0 Å². The molecular weight excluding hydrogens is 435 g/mol. The van der Waals surface area contributed by atoms with E-state index in [1.54, 1.807) is 0 Å². The molecule has 0 nitrogen and oxygen atoms in total. The van der Waals surface area contributed by atoms with Gasteiger partial charge in [-0.05, 0) is 0 Å². The van der Waals surface area contributed by atoms with Crippen LogP contribution in [0, 0.1) is 12.3 Å². The third-order valence-electron chi connectivity index (χ3n) is 5.52. The number of hydrogen-bond acceptors (Lipinski definition) is 0. The third-order valence-corrected chi connectivity index (χ3v) is 15.0. The van der Waals surface area contributed by atoms with Gasteiger partial charge in [0.1, 0.15) is 0 Å². The number of benzene rings is 4. The molecule has 142 valence electrons. The first-order valence-corrected chi connectivity index (χ1v) is 14.0. The van der Waals surface area contributed by atoms with Crippen LogP contribution in [0.25, 0.3) is 0 Å². The maximum atomic E-state index is 5.88. The zero-order chi connectivity index (χ0) is 20.2. The Balaban J connectivity index is 2.12. The number of rotatable bonds is 5. The van der Waals surface area contributed by atoms with Gasteiger partial charge in [-0.2, -0.15) is 0 Å². The first-order chi connectivity index (χ1) is 14.2. The molecular formula is C27H22BrP. The Bertz CT molecular complexity index is 1050. The molecule has 0 aliphatic carbocycles. The van der Waals surface area contributed by atoms with Crippen molar-refractivity contribution < 1.29 is 0 Å². The molecule has 0 bridgehead atoms. The molecule has 0 amide bonds. The van der Waals surface area contributed by atoms with E-state index in [4.69, 9.17) is 6.42 Å². The van der Waals surface area contributed by atoms with Crippen LogP contribution in [0.5, 0.6) is 0 Å². The fraction of sp³-hybridized carbons (Fsp3) is 0.0370. The van der Waals surface area contributed by atoms with Crippen molar-refractivity contribution in [2.24, 2.45) is 0 Å². The van der Waals surface area contributed by atoms with Crippen molar-refractivity contribution in [3.8, 4) is 12.3 Å². The van der Waals surface area contributed by atoms with E-state index < -0.39 is 5.31 Å². The van der Waals surface area contributed by atoms with Crippen LogP contribution in [0.2, 0.25) is 0 Å². The Labute approximate surface area is 181 Å². The normalized spacial score (nSPS) is 12.5. The van der Waals surface area contributed by atoms with Gasteiger partial charge in [0.05, 0.1) is 0 Å². The van der Waals surface area contributed by atoms with Crippen molar-refractivity contribution in [1.29, 1.82) is 0 Å². The average molecular weight is 457 g/mol. The Morgan fingerprint density at radius 2 is 0.966 bits per heavy atom. The van der Waals surface area contributed by atoms with E-state index in [0.717, 1.165) is 11.7 Å². The SMILES string of the molecule is C#Cc1ccccc1CP(Br)(c1ccccc1)(c1ccccc1)c1ccccc1. The van der Waals surface area contributed by atoms with Crippen LogP contribution in [0.15, 0.2) is 115 Å². The molecule has 0 N–H and O–H groups in total. The molecule has 0 heterocycles. The number of hydrogen-bond donors (Lipinski definition) is 0. The molecule has 0 fully saturated rings. The van der Waals surface area contributed by atoms with Crippen LogP contribution >= 0.6 is 20.8 Å². The van der Waals surface area contributed by atoms with Crippen LogP contribution in [-0.2, 0) is 6.16 Å². The van der Waals surface area contributed by atoms with E-state index in [1.165, 1.54) is 21.5 Å². The molecule has 0 atom stereocenters. The Kier molecular flexibility index (Phi) is 5.42. The Morgan fingerprint density at radius 1 is 0.586 bits per heavy atom. The third kappa shape index (κ3) is 3.34. The zero-order valence-electron chi connectivity index (χ0n) is 16.1. The van der Waals surface area contributed by atoms with E-state index >= 15 is 0 Å². The van der Waals surface area contributed by atoms with Crippen molar-refractivity contribution in [3.63, 3.8) is 0 Å². The van der Waals surface area contributed by atoms with Crippen molar-refractivity contribution in [1.82, 2.24) is 0 Å². The molecule has 4 aromatic rings. The van der Waals surface area contributed by atoms with Gasteiger partial charge in [-0.25, -0.2) is 0 Å². The maximum absolute atomic E-state index is 5.88. The summed E-state index contributed by atoms with van der Waals surface area (Å²) in [6.45, 7) is 0. The van der Waals surface area contributed by atoms with Crippen molar-refractivity contribution in [3.05, 3.63) is 126 Å². The summed E-state index contributed by atoms with van der Waals surface area (Å²) in [5.74, 6) is 2.89. The molecule has 0 aliphatic rings. The van der Waals surface area contributed by atoms with Gasteiger partial charge in [0.25, 0.3) is 0 Å². The molecule has 0 radical (unpaired) electrons. The first-order valence-electron chi connectivity index (χ1n) is 9.61. The van der Waals surface area contributed by atoms with Crippen molar-refractivity contribution in [2.45, 2.75) is 6.16 Å². The Hall–Kier alpha value is -2.65. The van der Waals surface area contributed by atoms with E-state index in [1.807, 2.05) is 12.1 Å². The summed E-state index contributed by atoms with van der Waals surface area (Å²) in [4.78, 5) is 0. The summed E-state index contributed by atoms with van der Waals surface area (Å²) in [7, 11) is 0. The van der Waals surface area contributed by atoms with Crippen LogP contribution in [0.1, 0.15) is 11.1 Å². The quantitative estimate of drug-likeness (QED) is 0.255. The molecule has 0 saturated heterocycles. The summed E-state index contributed by atoms with van der Waals surface area (Å²) in [6, 6.07) is 40.7. The summed E-state index contributed by atoms with van der Waals surface area (Å²) in [6.07, 6.45) is 6.69. The van der Waals surface area contributed by atoms with Crippen molar-refractivity contribution >= 4 is 36.7 Å². The fourth-order valence-electron chi connectivity index (χ4n) is 4.06. The minimum absolute atomic E-state index is 0.810. The monoisotopic (exact) mass is 456 g/mol. The minimum atomic E-state index is -3.01. The molecule has 0 aliphatic heterocycles. The fourth-order valence-corrected chi connectivity index (χ4v) is 11.7. The van der Waals surface area contributed by atoms with E-state index in [2.05, 4.69) is 125 Å². The van der Waals surface area contributed by atoms with Gasteiger partial charge < -0.3 is 0 Å². The molecule has 2 heteroatoms. The summed E-state index contributed by atoms with van der Waals surface area (Å²) in [5, 5.41) is 0.870. The average Bonchev–Trinajstić information content (AvgIpc) is 2.81. The standard InChI is InChI=1S/C27H22BrP/c1-2-23-14-12-13-15-24(23)22-29(28,25-16-6-3-7-17-25,26-18-8-4-9-19-26)27-20-10-5-11-21-27/h1,3-21H,22H2. The van der Waals surface area contributed by atoms with Gasteiger partial charge in [0.15, 0.2) is 0 Å². The summed E-state index contributed by atoms with van der Waals surface area (Å²) >= 11 is 4.48. The topological polar surface area (TPSA) is 0 Å². The predicted octanol–water partition coefficient (Wildman–Crippen LogP) is 6.01. The van der Waals surface area contributed by atoms with Gasteiger partial charge >= 0.3 is 182 Å². The van der Waals surface area contributed by atoms with E-state index in [9.17, 15) is 0 Å². The molecule has 4 rings (SSSR count).